The van der Waals surface area contributed by atoms with E-state index < -0.39 is 0 Å². The van der Waals surface area contributed by atoms with Gasteiger partial charge in [0.25, 0.3) is 0 Å². The molecule has 6 rings (SSSR count). The lowest BCUT2D eigenvalue weighted by atomic mass is 10.0. The first-order chi connectivity index (χ1) is 18.7. The fourth-order valence-corrected chi connectivity index (χ4v) is 5.42. The molecule has 9 heteroatoms. The van der Waals surface area contributed by atoms with Crippen LogP contribution >= 0.6 is 11.3 Å². The zero-order valence-electron chi connectivity index (χ0n) is 21.4. The molecule has 5 aromatic rings. The first kappa shape index (κ1) is 24.3. The first-order valence-corrected chi connectivity index (χ1v) is 13.7. The summed E-state index contributed by atoms with van der Waals surface area (Å²) in [7, 11) is 2.03. The molecule has 0 aliphatic carbocycles. The summed E-state index contributed by atoms with van der Waals surface area (Å²) in [5.74, 6) is 2.80. The second kappa shape index (κ2) is 10.7. The van der Waals surface area contributed by atoms with Crippen molar-refractivity contribution in [1.29, 1.82) is 0 Å². The molecular weight excluding hydrogens is 494 g/mol. The van der Waals surface area contributed by atoms with Crippen molar-refractivity contribution >= 4 is 39.6 Å². The average Bonchev–Trinajstić information content (AvgIpc) is 3.50. The Balaban J connectivity index is 1.35. The number of ether oxygens (including phenoxy) is 1. The van der Waals surface area contributed by atoms with Gasteiger partial charge in [0.1, 0.15) is 11.6 Å². The Morgan fingerprint density at radius 3 is 2.82 bits per heavy atom. The van der Waals surface area contributed by atoms with Crippen LogP contribution in [0.2, 0.25) is 0 Å². The number of hydrogen-bond donors (Lipinski definition) is 2. The molecule has 8 nitrogen and oxygen atoms in total. The molecule has 192 valence electrons. The SMILES string of the molecule is Cc1ccc2c(N(C)c3cscn3)cccc2c1Oc1ncccc1-c1ccnc(N[C@H]2CCCNC2)n1. The Morgan fingerprint density at radius 2 is 1.97 bits per heavy atom. The largest absolute Gasteiger partial charge is 0.437 e. The lowest BCUT2D eigenvalue weighted by Gasteiger charge is -2.23. The molecule has 0 saturated carbocycles. The number of benzene rings is 2. The molecule has 2 aromatic carbocycles. The molecule has 0 amide bonds. The number of rotatable bonds is 7. The summed E-state index contributed by atoms with van der Waals surface area (Å²) in [6.45, 7) is 4.03. The summed E-state index contributed by atoms with van der Waals surface area (Å²) in [6, 6.07) is 16.6. The van der Waals surface area contributed by atoms with Crippen molar-refractivity contribution in [2.45, 2.75) is 25.8 Å². The maximum absolute atomic E-state index is 6.59. The van der Waals surface area contributed by atoms with Gasteiger partial charge < -0.3 is 20.3 Å². The molecule has 0 radical (unpaired) electrons. The Hall–Kier alpha value is -4.08. The minimum Gasteiger partial charge on any atom is -0.437 e. The topological polar surface area (TPSA) is 88.1 Å². The summed E-state index contributed by atoms with van der Waals surface area (Å²) < 4.78 is 6.59. The van der Waals surface area contributed by atoms with Gasteiger partial charge in [0.05, 0.1) is 22.5 Å². The molecular formula is C29H29N7OS. The number of anilines is 3. The van der Waals surface area contributed by atoms with E-state index in [1.807, 2.05) is 36.1 Å². The maximum Gasteiger partial charge on any atom is 0.228 e. The third-order valence-corrected chi connectivity index (χ3v) is 7.42. The van der Waals surface area contributed by atoms with E-state index in [1.54, 1.807) is 23.7 Å². The van der Waals surface area contributed by atoms with E-state index in [0.29, 0.717) is 17.9 Å². The van der Waals surface area contributed by atoms with E-state index in [4.69, 9.17) is 9.72 Å². The lowest BCUT2D eigenvalue weighted by Crippen LogP contribution is -2.38. The Kier molecular flexibility index (Phi) is 6.85. The summed E-state index contributed by atoms with van der Waals surface area (Å²) >= 11 is 1.58. The van der Waals surface area contributed by atoms with Crippen molar-refractivity contribution in [3.05, 3.63) is 77.4 Å². The average molecular weight is 524 g/mol. The molecule has 1 fully saturated rings. The van der Waals surface area contributed by atoms with Gasteiger partial charge in [0.2, 0.25) is 11.8 Å². The van der Waals surface area contributed by atoms with Gasteiger partial charge in [0, 0.05) is 48.2 Å². The molecule has 2 N–H and O–H groups in total. The maximum atomic E-state index is 6.59. The number of nitrogens with one attached hydrogen (secondary N) is 2. The number of nitrogens with zero attached hydrogens (tertiary/aromatic N) is 5. The summed E-state index contributed by atoms with van der Waals surface area (Å²) in [5, 5.41) is 11.0. The van der Waals surface area contributed by atoms with Gasteiger partial charge in [-0.1, -0.05) is 24.3 Å². The fraction of sp³-hybridized carbons (Fsp3) is 0.241. The molecule has 0 bridgehead atoms. The van der Waals surface area contributed by atoms with Crippen LogP contribution in [0.3, 0.4) is 0 Å². The number of fused-ring (bicyclic) bond motifs is 1. The van der Waals surface area contributed by atoms with Gasteiger partial charge in [-0.15, -0.1) is 11.3 Å². The van der Waals surface area contributed by atoms with Gasteiger partial charge in [-0.2, -0.15) is 0 Å². The van der Waals surface area contributed by atoms with Crippen molar-refractivity contribution in [3.63, 3.8) is 0 Å². The van der Waals surface area contributed by atoms with Crippen molar-refractivity contribution in [2.24, 2.45) is 0 Å². The molecule has 38 heavy (non-hydrogen) atoms. The highest BCUT2D eigenvalue weighted by Gasteiger charge is 2.18. The van der Waals surface area contributed by atoms with E-state index in [1.165, 1.54) is 0 Å². The van der Waals surface area contributed by atoms with Crippen LogP contribution in [0.15, 0.2) is 71.8 Å². The molecule has 4 heterocycles. The summed E-state index contributed by atoms with van der Waals surface area (Å²) in [6.07, 6.45) is 5.77. The Bertz CT molecular complexity index is 1550. The predicted octanol–water partition coefficient (Wildman–Crippen LogP) is 6.18. The van der Waals surface area contributed by atoms with E-state index in [9.17, 15) is 0 Å². The minimum absolute atomic E-state index is 0.318. The van der Waals surface area contributed by atoms with E-state index >= 15 is 0 Å². The molecule has 3 aromatic heterocycles. The Labute approximate surface area is 225 Å². The van der Waals surface area contributed by atoms with Crippen LogP contribution in [0.25, 0.3) is 22.0 Å². The van der Waals surface area contributed by atoms with Crippen LogP contribution in [0.1, 0.15) is 18.4 Å². The molecule has 0 unspecified atom stereocenters. The number of piperidine rings is 1. The predicted molar refractivity (Wildman–Crippen MR) is 154 cm³/mol. The van der Waals surface area contributed by atoms with Gasteiger partial charge in [-0.3, -0.25) is 0 Å². The zero-order valence-corrected chi connectivity index (χ0v) is 22.2. The van der Waals surface area contributed by atoms with E-state index in [2.05, 4.69) is 67.7 Å². The van der Waals surface area contributed by atoms with Gasteiger partial charge >= 0.3 is 0 Å². The monoisotopic (exact) mass is 523 g/mol. The van der Waals surface area contributed by atoms with E-state index in [-0.39, 0.29) is 0 Å². The number of aryl methyl sites for hydroxylation is 1. The summed E-state index contributed by atoms with van der Waals surface area (Å²) in [5.41, 5.74) is 5.50. The van der Waals surface area contributed by atoms with Crippen LogP contribution in [-0.2, 0) is 0 Å². The van der Waals surface area contributed by atoms with Crippen molar-refractivity contribution in [2.75, 3.05) is 30.4 Å². The second-order valence-corrected chi connectivity index (χ2v) is 10.1. The normalized spacial score (nSPS) is 15.4. The smallest absolute Gasteiger partial charge is 0.228 e. The number of thiazole rings is 1. The first-order valence-electron chi connectivity index (χ1n) is 12.7. The molecule has 1 aliphatic rings. The molecule has 1 atom stereocenters. The highest BCUT2D eigenvalue weighted by atomic mass is 32.1. The van der Waals surface area contributed by atoms with Crippen molar-refractivity contribution in [1.82, 2.24) is 25.3 Å². The van der Waals surface area contributed by atoms with Crippen molar-refractivity contribution < 1.29 is 4.74 Å². The standard InChI is InChI=1S/C29H29N7OS/c1-19-10-11-21-22(7-3-9-25(21)36(2)26-17-38-18-33-26)27(19)37-28-23(8-5-14-31-28)24-12-15-32-29(35-24)34-20-6-4-13-30-16-20/h3,5,7-12,14-15,17-18,20,30H,4,6,13,16H2,1-2H3,(H,32,34,35)/t20-/m0/s1. The zero-order chi connectivity index (χ0) is 25.9. The van der Waals surface area contributed by atoms with E-state index in [0.717, 1.165) is 70.8 Å². The minimum atomic E-state index is 0.318. The third kappa shape index (κ3) is 4.90. The van der Waals surface area contributed by atoms with Crippen LogP contribution in [0.5, 0.6) is 11.6 Å². The summed E-state index contributed by atoms with van der Waals surface area (Å²) in [4.78, 5) is 20.4. The quantitative estimate of drug-likeness (QED) is 0.261. The van der Waals surface area contributed by atoms with Crippen LogP contribution in [-0.4, -0.2) is 46.1 Å². The number of hydrogen-bond acceptors (Lipinski definition) is 9. The van der Waals surface area contributed by atoms with Crippen LogP contribution < -0.4 is 20.3 Å². The van der Waals surface area contributed by atoms with Gasteiger partial charge in [-0.25, -0.2) is 19.9 Å². The van der Waals surface area contributed by atoms with Gasteiger partial charge in [-0.05, 0) is 56.1 Å². The second-order valence-electron chi connectivity index (χ2n) is 9.40. The third-order valence-electron chi connectivity index (χ3n) is 6.84. The van der Waals surface area contributed by atoms with Crippen molar-refractivity contribution in [3.8, 4) is 22.9 Å². The highest BCUT2D eigenvalue weighted by Crippen LogP contribution is 2.40. The highest BCUT2D eigenvalue weighted by molar-refractivity contribution is 7.07. The number of aromatic nitrogens is 4. The van der Waals surface area contributed by atoms with Crippen LogP contribution in [0, 0.1) is 6.92 Å². The number of pyridine rings is 1. The van der Waals surface area contributed by atoms with Gasteiger partial charge in [0.15, 0.2) is 0 Å². The molecule has 1 aliphatic heterocycles. The molecule has 1 saturated heterocycles. The molecule has 0 spiro atoms. The lowest BCUT2D eigenvalue weighted by molar-refractivity contribution is 0.466. The fourth-order valence-electron chi connectivity index (χ4n) is 4.85. The van der Waals surface area contributed by atoms with Crippen LogP contribution in [0.4, 0.5) is 17.5 Å². The Morgan fingerprint density at radius 1 is 1.03 bits per heavy atom.